The van der Waals surface area contributed by atoms with Gasteiger partial charge in [0, 0.05) is 24.9 Å². The quantitative estimate of drug-likeness (QED) is 0.832. The summed E-state index contributed by atoms with van der Waals surface area (Å²) in [5.74, 6) is 0.428. The number of carbonyl (C=O) groups is 2. The van der Waals surface area contributed by atoms with E-state index in [-0.39, 0.29) is 29.9 Å². The van der Waals surface area contributed by atoms with E-state index in [0.29, 0.717) is 25.0 Å². The molecule has 2 fully saturated rings. The molecule has 2 rings (SSSR count). The van der Waals surface area contributed by atoms with E-state index in [1.165, 1.54) is 0 Å². The second-order valence-corrected chi connectivity index (χ2v) is 5.69. The molecular formula is C14H23NO3. The van der Waals surface area contributed by atoms with Crippen molar-refractivity contribution in [1.82, 2.24) is 5.32 Å². The van der Waals surface area contributed by atoms with Crippen molar-refractivity contribution in [3.05, 3.63) is 0 Å². The predicted octanol–water partition coefficient (Wildman–Crippen LogP) is 1.68. The maximum Gasteiger partial charge on any atom is 0.223 e. The number of rotatable bonds is 3. The summed E-state index contributed by atoms with van der Waals surface area (Å²) in [7, 11) is 0. The summed E-state index contributed by atoms with van der Waals surface area (Å²) in [4.78, 5) is 23.6. The van der Waals surface area contributed by atoms with Gasteiger partial charge >= 0.3 is 0 Å². The summed E-state index contributed by atoms with van der Waals surface area (Å²) in [6, 6.07) is 0.0768. The van der Waals surface area contributed by atoms with Gasteiger partial charge in [-0.15, -0.1) is 0 Å². The van der Waals surface area contributed by atoms with Crippen LogP contribution >= 0.6 is 0 Å². The minimum absolute atomic E-state index is 0.00144. The van der Waals surface area contributed by atoms with Crippen LogP contribution in [0.25, 0.3) is 0 Å². The number of hydrogen-bond acceptors (Lipinski definition) is 3. The lowest BCUT2D eigenvalue weighted by Crippen LogP contribution is -2.45. The fraction of sp³-hybridized carbons (Fsp3) is 0.857. The summed E-state index contributed by atoms with van der Waals surface area (Å²) in [5.41, 5.74) is 0. The normalized spacial score (nSPS) is 34.3. The molecule has 4 heteroatoms. The zero-order valence-corrected chi connectivity index (χ0v) is 11.3. The Balaban J connectivity index is 1.82. The van der Waals surface area contributed by atoms with Gasteiger partial charge in [0.15, 0.2) is 0 Å². The van der Waals surface area contributed by atoms with Gasteiger partial charge in [0.2, 0.25) is 5.91 Å². The van der Waals surface area contributed by atoms with Crippen LogP contribution in [0.5, 0.6) is 0 Å². The lowest BCUT2D eigenvalue weighted by atomic mass is 9.81. The second-order valence-electron chi connectivity index (χ2n) is 5.69. The molecule has 1 N–H and O–H groups in total. The first-order valence-electron chi connectivity index (χ1n) is 7.02. The van der Waals surface area contributed by atoms with Gasteiger partial charge in [-0.3, -0.25) is 9.59 Å². The van der Waals surface area contributed by atoms with Crippen molar-refractivity contribution in [1.29, 1.82) is 0 Å². The number of Topliss-reactive ketones (excluding diaryl/α,β-unsaturated/α-hetero) is 1. The molecule has 1 saturated carbocycles. The van der Waals surface area contributed by atoms with Gasteiger partial charge in [-0.2, -0.15) is 0 Å². The Bertz CT molecular complexity index is 323. The zero-order chi connectivity index (χ0) is 13.1. The molecule has 1 amide bonds. The molecule has 4 nitrogen and oxygen atoms in total. The van der Waals surface area contributed by atoms with Crippen LogP contribution in [0.3, 0.4) is 0 Å². The molecule has 1 saturated heterocycles. The molecular weight excluding hydrogens is 230 g/mol. The molecule has 4 unspecified atom stereocenters. The molecule has 0 spiro atoms. The fourth-order valence-corrected chi connectivity index (χ4v) is 2.91. The van der Waals surface area contributed by atoms with Gasteiger partial charge in [-0.05, 0) is 32.6 Å². The van der Waals surface area contributed by atoms with Crippen molar-refractivity contribution in [2.75, 3.05) is 6.61 Å². The number of hydrogen-bond donors (Lipinski definition) is 1. The first-order chi connectivity index (χ1) is 8.58. The topological polar surface area (TPSA) is 55.4 Å². The molecule has 4 atom stereocenters. The van der Waals surface area contributed by atoms with Crippen molar-refractivity contribution >= 4 is 11.7 Å². The van der Waals surface area contributed by atoms with Gasteiger partial charge in [0.25, 0.3) is 0 Å². The molecule has 0 bridgehead atoms. The third-order valence-corrected chi connectivity index (χ3v) is 4.19. The van der Waals surface area contributed by atoms with Crippen LogP contribution in [0.15, 0.2) is 0 Å². The fourth-order valence-electron chi connectivity index (χ4n) is 2.91. The van der Waals surface area contributed by atoms with E-state index in [4.69, 9.17) is 4.74 Å². The van der Waals surface area contributed by atoms with Gasteiger partial charge in [-0.1, -0.05) is 6.92 Å². The average molecular weight is 253 g/mol. The van der Waals surface area contributed by atoms with Crippen LogP contribution in [0.2, 0.25) is 0 Å². The smallest absolute Gasteiger partial charge is 0.223 e. The highest BCUT2D eigenvalue weighted by Crippen LogP contribution is 2.26. The molecule has 0 aromatic rings. The van der Waals surface area contributed by atoms with E-state index in [1.54, 1.807) is 0 Å². The van der Waals surface area contributed by atoms with Crippen molar-refractivity contribution in [3.8, 4) is 0 Å². The molecule has 2 aliphatic rings. The summed E-state index contributed by atoms with van der Waals surface area (Å²) < 4.78 is 5.57. The van der Waals surface area contributed by atoms with Crippen molar-refractivity contribution in [2.24, 2.45) is 11.8 Å². The number of ether oxygens (including phenoxy) is 1. The summed E-state index contributed by atoms with van der Waals surface area (Å²) >= 11 is 0. The van der Waals surface area contributed by atoms with Gasteiger partial charge in [-0.25, -0.2) is 0 Å². The standard InChI is InChI=1S/C14H23NO3/c1-9-8-11(5-6-12(9)16)14(17)15-10(2)13-4-3-7-18-13/h9-11,13H,3-8H2,1-2H3,(H,15,17). The van der Waals surface area contributed by atoms with Crippen LogP contribution in [-0.4, -0.2) is 30.4 Å². The van der Waals surface area contributed by atoms with E-state index in [1.807, 2.05) is 13.8 Å². The van der Waals surface area contributed by atoms with Gasteiger partial charge < -0.3 is 10.1 Å². The molecule has 1 heterocycles. The molecule has 102 valence electrons. The Labute approximate surface area is 108 Å². The van der Waals surface area contributed by atoms with Crippen LogP contribution in [0.1, 0.15) is 46.0 Å². The highest BCUT2D eigenvalue weighted by atomic mass is 16.5. The third-order valence-electron chi connectivity index (χ3n) is 4.19. The first-order valence-corrected chi connectivity index (χ1v) is 7.02. The highest BCUT2D eigenvalue weighted by molar-refractivity contribution is 5.86. The van der Waals surface area contributed by atoms with Gasteiger partial charge in [0.1, 0.15) is 5.78 Å². The van der Waals surface area contributed by atoms with Crippen LogP contribution < -0.4 is 5.32 Å². The lowest BCUT2D eigenvalue weighted by molar-refractivity contribution is -0.131. The number of nitrogens with one attached hydrogen (secondary N) is 1. The minimum atomic E-state index is 0.00144. The summed E-state index contributed by atoms with van der Waals surface area (Å²) in [5, 5.41) is 3.05. The van der Waals surface area contributed by atoms with Crippen molar-refractivity contribution < 1.29 is 14.3 Å². The Morgan fingerprint density at radius 3 is 2.83 bits per heavy atom. The summed E-state index contributed by atoms with van der Waals surface area (Å²) in [6.07, 6.45) is 4.22. The zero-order valence-electron chi connectivity index (χ0n) is 11.3. The summed E-state index contributed by atoms with van der Waals surface area (Å²) in [6.45, 7) is 4.73. The molecule has 18 heavy (non-hydrogen) atoms. The Morgan fingerprint density at radius 1 is 1.44 bits per heavy atom. The Hall–Kier alpha value is -0.900. The van der Waals surface area contributed by atoms with E-state index in [2.05, 4.69) is 5.32 Å². The maximum absolute atomic E-state index is 12.1. The van der Waals surface area contributed by atoms with Crippen LogP contribution in [0, 0.1) is 11.8 Å². The lowest BCUT2D eigenvalue weighted by Gasteiger charge is -2.27. The van der Waals surface area contributed by atoms with Gasteiger partial charge in [0.05, 0.1) is 12.1 Å². The molecule has 1 aliphatic carbocycles. The number of amides is 1. The van der Waals surface area contributed by atoms with E-state index in [0.717, 1.165) is 19.4 Å². The largest absolute Gasteiger partial charge is 0.376 e. The Morgan fingerprint density at radius 2 is 2.22 bits per heavy atom. The van der Waals surface area contributed by atoms with Crippen molar-refractivity contribution in [3.63, 3.8) is 0 Å². The molecule has 0 aromatic carbocycles. The molecule has 0 aromatic heterocycles. The van der Waals surface area contributed by atoms with E-state index < -0.39 is 0 Å². The first kappa shape index (κ1) is 13.5. The van der Waals surface area contributed by atoms with E-state index >= 15 is 0 Å². The second kappa shape index (κ2) is 5.83. The van der Waals surface area contributed by atoms with Crippen LogP contribution in [-0.2, 0) is 14.3 Å². The maximum atomic E-state index is 12.1. The Kier molecular flexibility index (Phi) is 4.38. The number of carbonyl (C=O) groups excluding carboxylic acids is 2. The minimum Gasteiger partial charge on any atom is -0.376 e. The monoisotopic (exact) mass is 253 g/mol. The number of ketones is 1. The molecule has 0 radical (unpaired) electrons. The molecule has 1 aliphatic heterocycles. The SMILES string of the molecule is CC1CC(C(=O)NC(C)C2CCCO2)CCC1=O. The average Bonchev–Trinajstić information content (AvgIpc) is 2.86. The third kappa shape index (κ3) is 3.10. The predicted molar refractivity (Wildman–Crippen MR) is 68.1 cm³/mol. The van der Waals surface area contributed by atoms with E-state index in [9.17, 15) is 9.59 Å². The van der Waals surface area contributed by atoms with Crippen LogP contribution in [0.4, 0.5) is 0 Å². The highest BCUT2D eigenvalue weighted by Gasteiger charge is 2.32. The van der Waals surface area contributed by atoms with Crippen molar-refractivity contribution in [2.45, 2.75) is 58.1 Å².